The number of halogens is 3. The van der Waals surface area contributed by atoms with E-state index in [0.717, 1.165) is 0 Å². The Balaban J connectivity index is 1.90. The number of anilines is 1. The smallest absolute Gasteiger partial charge is 0.344 e. The van der Waals surface area contributed by atoms with Crippen molar-refractivity contribution in [3.63, 3.8) is 0 Å². The topological polar surface area (TPSA) is 58.2 Å². The highest BCUT2D eigenvalue weighted by molar-refractivity contribution is 7.12. The summed E-state index contributed by atoms with van der Waals surface area (Å²) < 4.78 is 36.1. The van der Waals surface area contributed by atoms with E-state index in [2.05, 4.69) is 5.32 Å². The summed E-state index contributed by atoms with van der Waals surface area (Å²) in [5.74, 6) is -2.24. The van der Waals surface area contributed by atoms with Crippen LogP contribution < -0.4 is 10.6 Å². The first-order valence-corrected chi connectivity index (χ1v) is 7.03. The van der Waals surface area contributed by atoms with Gasteiger partial charge in [0.25, 0.3) is 5.91 Å². The lowest BCUT2D eigenvalue weighted by Gasteiger charge is -2.09. The fraction of sp³-hybridized carbons (Fsp3) is 0.143. The molecule has 0 aliphatic carbocycles. The Morgan fingerprint density at radius 1 is 1.09 bits per heavy atom. The van der Waals surface area contributed by atoms with E-state index in [1.165, 1.54) is 23.5 Å². The molecule has 0 saturated carbocycles. The van der Waals surface area contributed by atoms with Crippen molar-refractivity contribution >= 4 is 28.8 Å². The second-order valence-electron chi connectivity index (χ2n) is 4.31. The molecule has 0 radical (unpaired) electrons. The Kier molecular flexibility index (Phi) is 4.81. The van der Waals surface area contributed by atoms with Crippen LogP contribution >= 0.6 is 11.3 Å². The van der Waals surface area contributed by atoms with Crippen LogP contribution in [0.4, 0.5) is 18.9 Å². The summed E-state index contributed by atoms with van der Waals surface area (Å²) >= 11 is 1.30. The van der Waals surface area contributed by atoms with Gasteiger partial charge in [-0.15, -0.1) is 11.3 Å². The van der Waals surface area contributed by atoms with E-state index < -0.39 is 12.1 Å². The van der Waals surface area contributed by atoms with Crippen LogP contribution in [0.2, 0.25) is 0 Å². The summed E-state index contributed by atoms with van der Waals surface area (Å²) in [4.78, 5) is 23.0. The zero-order valence-corrected chi connectivity index (χ0v) is 11.9. The zero-order chi connectivity index (χ0) is 16.2. The highest BCUT2D eigenvalue weighted by Gasteiger charge is 2.38. The largest absolute Gasteiger partial charge is 0.471 e. The predicted octanol–water partition coefficient (Wildman–Crippen LogP) is 3.18. The highest BCUT2D eigenvalue weighted by atomic mass is 32.1. The van der Waals surface area contributed by atoms with Crippen molar-refractivity contribution in [2.75, 3.05) is 5.32 Å². The van der Waals surface area contributed by atoms with E-state index in [1.807, 2.05) is 0 Å². The molecule has 116 valence electrons. The lowest BCUT2D eigenvalue weighted by Crippen LogP contribution is -2.36. The van der Waals surface area contributed by atoms with Gasteiger partial charge in [0.2, 0.25) is 0 Å². The molecule has 0 spiro atoms. The molecule has 0 atom stereocenters. The normalized spacial score (nSPS) is 11.0. The minimum absolute atomic E-state index is 0.239. The minimum atomic E-state index is -4.89. The second kappa shape index (κ2) is 6.61. The van der Waals surface area contributed by atoms with Crippen molar-refractivity contribution in [2.24, 2.45) is 0 Å². The molecule has 2 amide bonds. The van der Waals surface area contributed by atoms with Gasteiger partial charge in [0.05, 0.1) is 4.88 Å². The standard InChI is InChI=1S/C14H11F3N2O2S/c15-14(16,17)13(21)18-8-9-3-5-10(6-4-9)19-12(20)11-2-1-7-22-11/h1-7H,8H2,(H,18,21)(H,19,20). The third-order valence-corrected chi connectivity index (χ3v) is 3.54. The maximum atomic E-state index is 12.0. The third kappa shape index (κ3) is 4.32. The van der Waals surface area contributed by atoms with Gasteiger partial charge in [0, 0.05) is 12.2 Å². The highest BCUT2D eigenvalue weighted by Crippen LogP contribution is 2.16. The number of rotatable bonds is 4. The Bertz CT molecular complexity index is 652. The van der Waals surface area contributed by atoms with Crippen LogP contribution in [0.15, 0.2) is 41.8 Å². The van der Waals surface area contributed by atoms with Crippen molar-refractivity contribution in [1.29, 1.82) is 0 Å². The molecule has 0 aliphatic heterocycles. The van der Waals surface area contributed by atoms with E-state index in [0.29, 0.717) is 16.1 Å². The van der Waals surface area contributed by atoms with Crippen LogP contribution in [0, 0.1) is 0 Å². The number of alkyl halides is 3. The Morgan fingerprint density at radius 3 is 2.32 bits per heavy atom. The molecule has 0 fully saturated rings. The first-order chi connectivity index (χ1) is 10.4. The van der Waals surface area contributed by atoms with Gasteiger partial charge in [0.1, 0.15) is 0 Å². The third-order valence-electron chi connectivity index (χ3n) is 2.67. The number of carbonyl (C=O) groups is 2. The van der Waals surface area contributed by atoms with Crippen LogP contribution in [-0.4, -0.2) is 18.0 Å². The predicted molar refractivity (Wildman–Crippen MR) is 76.6 cm³/mol. The summed E-state index contributed by atoms with van der Waals surface area (Å²) in [6.07, 6.45) is -4.89. The number of thiophene rings is 1. The maximum Gasteiger partial charge on any atom is 0.471 e. The van der Waals surface area contributed by atoms with Gasteiger partial charge in [-0.3, -0.25) is 9.59 Å². The van der Waals surface area contributed by atoms with Gasteiger partial charge in [-0.05, 0) is 29.1 Å². The number of benzene rings is 1. The van der Waals surface area contributed by atoms with Gasteiger partial charge < -0.3 is 10.6 Å². The lowest BCUT2D eigenvalue weighted by atomic mass is 10.2. The summed E-state index contributed by atoms with van der Waals surface area (Å²) in [6, 6.07) is 9.61. The summed E-state index contributed by atoms with van der Waals surface area (Å²) in [5.41, 5.74) is 1.01. The molecule has 0 saturated heterocycles. The van der Waals surface area contributed by atoms with Gasteiger partial charge in [0.15, 0.2) is 0 Å². The van der Waals surface area contributed by atoms with Crippen molar-refractivity contribution in [1.82, 2.24) is 5.32 Å². The van der Waals surface area contributed by atoms with Gasteiger partial charge in [-0.2, -0.15) is 13.2 Å². The zero-order valence-electron chi connectivity index (χ0n) is 11.1. The van der Waals surface area contributed by atoms with Gasteiger partial charge in [-0.25, -0.2) is 0 Å². The number of carbonyl (C=O) groups excluding carboxylic acids is 2. The van der Waals surface area contributed by atoms with E-state index in [1.54, 1.807) is 35.0 Å². The number of nitrogens with one attached hydrogen (secondary N) is 2. The average molecular weight is 328 g/mol. The van der Waals surface area contributed by atoms with Gasteiger partial charge >= 0.3 is 12.1 Å². The van der Waals surface area contributed by atoms with E-state index in [4.69, 9.17) is 0 Å². The number of hydrogen-bond donors (Lipinski definition) is 2. The molecule has 0 bridgehead atoms. The molecule has 2 rings (SSSR count). The fourth-order valence-corrected chi connectivity index (χ4v) is 2.21. The molecule has 22 heavy (non-hydrogen) atoms. The van der Waals surface area contributed by atoms with Crippen LogP contribution in [0.25, 0.3) is 0 Å². The molecule has 4 nitrogen and oxygen atoms in total. The van der Waals surface area contributed by atoms with Crippen molar-refractivity contribution in [3.05, 3.63) is 52.2 Å². The summed E-state index contributed by atoms with van der Waals surface area (Å²) in [6.45, 7) is -0.239. The lowest BCUT2D eigenvalue weighted by molar-refractivity contribution is -0.173. The molecule has 0 unspecified atom stereocenters. The molecule has 0 aliphatic rings. The fourth-order valence-electron chi connectivity index (χ4n) is 1.59. The first kappa shape index (κ1) is 16.0. The van der Waals surface area contributed by atoms with E-state index in [9.17, 15) is 22.8 Å². The Hall–Kier alpha value is -2.35. The van der Waals surface area contributed by atoms with Crippen LogP contribution in [0.5, 0.6) is 0 Å². The van der Waals surface area contributed by atoms with Crippen molar-refractivity contribution in [3.8, 4) is 0 Å². The first-order valence-electron chi connectivity index (χ1n) is 6.15. The van der Waals surface area contributed by atoms with Gasteiger partial charge in [-0.1, -0.05) is 18.2 Å². The Morgan fingerprint density at radius 2 is 1.77 bits per heavy atom. The molecular weight excluding hydrogens is 317 g/mol. The van der Waals surface area contributed by atoms with Crippen LogP contribution in [0.1, 0.15) is 15.2 Å². The quantitative estimate of drug-likeness (QED) is 0.906. The number of amides is 2. The summed E-state index contributed by atoms with van der Waals surface area (Å²) in [7, 11) is 0. The molecule has 1 aromatic heterocycles. The van der Waals surface area contributed by atoms with Crippen LogP contribution in [0.3, 0.4) is 0 Å². The summed E-state index contributed by atoms with van der Waals surface area (Å²) in [5, 5.41) is 6.22. The minimum Gasteiger partial charge on any atom is -0.344 e. The van der Waals surface area contributed by atoms with Crippen LogP contribution in [-0.2, 0) is 11.3 Å². The molecule has 1 heterocycles. The van der Waals surface area contributed by atoms with E-state index in [-0.39, 0.29) is 12.5 Å². The average Bonchev–Trinajstić information content (AvgIpc) is 2.99. The molecule has 8 heteroatoms. The number of hydrogen-bond acceptors (Lipinski definition) is 3. The second-order valence-corrected chi connectivity index (χ2v) is 5.26. The monoisotopic (exact) mass is 328 g/mol. The molecule has 2 aromatic rings. The van der Waals surface area contributed by atoms with Crippen molar-refractivity contribution < 1.29 is 22.8 Å². The maximum absolute atomic E-state index is 12.0. The molecule has 1 aromatic carbocycles. The molecular formula is C14H11F3N2O2S. The van der Waals surface area contributed by atoms with E-state index >= 15 is 0 Å². The van der Waals surface area contributed by atoms with Crippen molar-refractivity contribution in [2.45, 2.75) is 12.7 Å². The Labute approximate surface area is 128 Å². The SMILES string of the molecule is O=C(Nc1ccc(CNC(=O)C(F)(F)F)cc1)c1cccs1. The molecule has 2 N–H and O–H groups in total.